The highest BCUT2D eigenvalue weighted by Crippen LogP contribution is 1.90. The van der Waals surface area contributed by atoms with Gasteiger partial charge in [-0.3, -0.25) is 0 Å². The largest absolute Gasteiger partial charge is 0.393 e. The van der Waals surface area contributed by atoms with Crippen LogP contribution in [0.2, 0.25) is 0 Å². The van der Waals surface area contributed by atoms with Gasteiger partial charge in [-0.05, 0) is 38.8 Å². The van der Waals surface area contributed by atoms with E-state index in [1.54, 1.807) is 0 Å². The molecule has 1 fully saturated rings. The van der Waals surface area contributed by atoms with Crippen molar-refractivity contribution in [1.82, 2.24) is 5.32 Å². The van der Waals surface area contributed by atoms with Crippen LogP contribution in [-0.2, 0) is 0 Å². The molecule has 66 valence electrons. The lowest BCUT2D eigenvalue weighted by Crippen LogP contribution is -2.05. The van der Waals surface area contributed by atoms with Gasteiger partial charge in [-0.25, -0.2) is 0 Å². The normalized spacial score (nSPS) is 15.4. The maximum absolute atomic E-state index is 5.13. The van der Waals surface area contributed by atoms with Crippen LogP contribution in [0.25, 0.3) is 0 Å². The molecule has 0 atom stereocenters. The van der Waals surface area contributed by atoms with E-state index in [1.807, 2.05) is 0 Å². The zero-order valence-corrected chi connectivity index (χ0v) is 8.04. The number of hydrogen-bond donors (Lipinski definition) is 2. The molecule has 11 heavy (non-hydrogen) atoms. The van der Waals surface area contributed by atoms with Crippen molar-refractivity contribution in [1.29, 1.82) is 0 Å². The second kappa shape index (κ2) is 7.95. The highest BCUT2D eigenvalue weighted by Gasteiger charge is 1.93. The molecule has 1 heterocycles. The summed E-state index contributed by atoms with van der Waals surface area (Å²) >= 11 is 4.57. The zero-order chi connectivity index (χ0) is 8.53. The van der Waals surface area contributed by atoms with Gasteiger partial charge in [0, 0.05) is 0 Å². The Labute approximate surface area is 74.5 Å². The molecule has 2 nitrogen and oxygen atoms in total. The Hall–Kier alpha value is -0.150. The summed E-state index contributed by atoms with van der Waals surface area (Å²) in [4.78, 5) is 0.623. The van der Waals surface area contributed by atoms with Gasteiger partial charge in [0.25, 0.3) is 0 Å². The number of rotatable bonds is 2. The summed E-state index contributed by atoms with van der Waals surface area (Å²) in [6, 6.07) is 0. The summed E-state index contributed by atoms with van der Waals surface area (Å²) in [7, 11) is 0. The third kappa shape index (κ3) is 9.85. The van der Waals surface area contributed by atoms with Gasteiger partial charge >= 0.3 is 0 Å². The summed E-state index contributed by atoms with van der Waals surface area (Å²) in [6.07, 6.45) is 4.73. The molecule has 0 spiro atoms. The van der Waals surface area contributed by atoms with Crippen molar-refractivity contribution >= 4 is 17.2 Å². The first-order chi connectivity index (χ1) is 5.27. The second-order valence-electron chi connectivity index (χ2n) is 2.67. The van der Waals surface area contributed by atoms with Crippen LogP contribution in [-0.4, -0.2) is 18.1 Å². The van der Waals surface area contributed by atoms with Gasteiger partial charge in [-0.15, -0.1) is 0 Å². The molecule has 0 radical (unpaired) electrons. The van der Waals surface area contributed by atoms with Crippen molar-refractivity contribution in [2.24, 2.45) is 5.73 Å². The molecular formula is C8H18N2S. The Kier molecular flexibility index (Phi) is 7.84. The molecule has 0 amide bonds. The maximum Gasteiger partial charge on any atom is 0.0727 e. The number of nitrogens with one attached hydrogen (secondary N) is 1. The van der Waals surface area contributed by atoms with Crippen molar-refractivity contribution in [2.75, 3.05) is 13.1 Å². The molecule has 0 saturated carbocycles. The minimum Gasteiger partial charge on any atom is -0.393 e. The van der Waals surface area contributed by atoms with Crippen molar-refractivity contribution in [3.63, 3.8) is 0 Å². The van der Waals surface area contributed by atoms with Gasteiger partial charge in [-0.1, -0.05) is 19.1 Å². The minimum absolute atomic E-state index is 0.623. The molecule has 3 heteroatoms. The molecular weight excluding hydrogens is 156 g/mol. The van der Waals surface area contributed by atoms with Crippen LogP contribution in [0.5, 0.6) is 0 Å². The molecule has 1 saturated heterocycles. The molecule has 0 unspecified atom stereocenters. The van der Waals surface area contributed by atoms with Crippen LogP contribution in [0.15, 0.2) is 0 Å². The predicted molar refractivity (Wildman–Crippen MR) is 53.8 cm³/mol. The Morgan fingerprint density at radius 2 is 2.00 bits per heavy atom. The summed E-state index contributed by atoms with van der Waals surface area (Å²) in [6.45, 7) is 4.55. The van der Waals surface area contributed by atoms with E-state index in [0.29, 0.717) is 4.99 Å². The molecule has 1 aliphatic heterocycles. The van der Waals surface area contributed by atoms with E-state index in [2.05, 4.69) is 24.5 Å². The lowest BCUT2D eigenvalue weighted by Gasteiger charge is -1.85. The minimum atomic E-state index is 0.623. The molecule has 1 aliphatic rings. The highest BCUT2D eigenvalue weighted by atomic mass is 32.1. The molecule has 0 aliphatic carbocycles. The molecule has 0 aromatic carbocycles. The fraction of sp³-hybridized carbons (Fsp3) is 0.875. The summed E-state index contributed by atoms with van der Waals surface area (Å²) in [5.41, 5.74) is 5.13. The Bertz CT molecular complexity index is 92.7. The predicted octanol–water partition coefficient (Wildman–Crippen LogP) is 1.44. The van der Waals surface area contributed by atoms with Gasteiger partial charge in [-0.2, -0.15) is 0 Å². The van der Waals surface area contributed by atoms with Crippen LogP contribution in [0.4, 0.5) is 0 Å². The Morgan fingerprint density at radius 1 is 1.45 bits per heavy atom. The smallest absolute Gasteiger partial charge is 0.0727 e. The van der Waals surface area contributed by atoms with E-state index in [9.17, 15) is 0 Å². The SMILES string of the molecule is C1CCNC1.CCCC(N)=S. The standard InChI is InChI=1S/C4H9NS.C4H9N/c1-2-3-4(5)6;1-2-4-5-3-1/h2-3H2,1H3,(H2,5,6);5H,1-4H2. The number of thiocarbonyl (C=S) groups is 1. The topological polar surface area (TPSA) is 38.0 Å². The highest BCUT2D eigenvalue weighted by molar-refractivity contribution is 7.80. The quantitative estimate of drug-likeness (QED) is 0.622. The number of nitrogens with two attached hydrogens (primary N) is 1. The first kappa shape index (κ1) is 10.8. The van der Waals surface area contributed by atoms with Gasteiger partial charge in [0.1, 0.15) is 0 Å². The molecule has 3 N–H and O–H groups in total. The Morgan fingerprint density at radius 3 is 2.09 bits per heavy atom. The van der Waals surface area contributed by atoms with Crippen LogP contribution >= 0.6 is 12.2 Å². The third-order valence-corrected chi connectivity index (χ3v) is 1.66. The van der Waals surface area contributed by atoms with E-state index in [0.717, 1.165) is 12.8 Å². The van der Waals surface area contributed by atoms with Crippen LogP contribution < -0.4 is 11.1 Å². The second-order valence-corrected chi connectivity index (χ2v) is 3.20. The van der Waals surface area contributed by atoms with Crippen molar-refractivity contribution < 1.29 is 0 Å². The third-order valence-electron chi connectivity index (χ3n) is 1.45. The van der Waals surface area contributed by atoms with Crippen molar-refractivity contribution in [3.05, 3.63) is 0 Å². The zero-order valence-electron chi connectivity index (χ0n) is 7.23. The fourth-order valence-corrected chi connectivity index (χ4v) is 1.08. The van der Waals surface area contributed by atoms with E-state index in [4.69, 9.17) is 5.73 Å². The van der Waals surface area contributed by atoms with Gasteiger partial charge in [0.2, 0.25) is 0 Å². The lowest BCUT2D eigenvalue weighted by atomic mass is 10.3. The van der Waals surface area contributed by atoms with E-state index in [-0.39, 0.29) is 0 Å². The summed E-state index contributed by atoms with van der Waals surface area (Å²) < 4.78 is 0. The van der Waals surface area contributed by atoms with E-state index < -0.39 is 0 Å². The summed E-state index contributed by atoms with van der Waals surface area (Å²) in [5.74, 6) is 0. The van der Waals surface area contributed by atoms with E-state index in [1.165, 1.54) is 25.9 Å². The average Bonchev–Trinajstić information content (AvgIpc) is 2.41. The first-order valence-corrected chi connectivity index (χ1v) is 4.67. The molecule has 0 aromatic heterocycles. The average molecular weight is 174 g/mol. The molecule has 0 bridgehead atoms. The van der Waals surface area contributed by atoms with Crippen molar-refractivity contribution in [2.45, 2.75) is 32.6 Å². The van der Waals surface area contributed by atoms with Crippen LogP contribution in [0.3, 0.4) is 0 Å². The van der Waals surface area contributed by atoms with Crippen molar-refractivity contribution in [3.8, 4) is 0 Å². The monoisotopic (exact) mass is 174 g/mol. The lowest BCUT2D eigenvalue weighted by molar-refractivity contribution is 0.857. The fourth-order valence-electron chi connectivity index (χ4n) is 0.871. The van der Waals surface area contributed by atoms with E-state index >= 15 is 0 Å². The van der Waals surface area contributed by atoms with Gasteiger partial charge in [0.05, 0.1) is 4.99 Å². The summed E-state index contributed by atoms with van der Waals surface area (Å²) in [5, 5.41) is 3.22. The first-order valence-electron chi connectivity index (χ1n) is 4.26. The molecule has 0 aromatic rings. The molecule has 1 rings (SSSR count). The van der Waals surface area contributed by atoms with Gasteiger partial charge in [0.15, 0.2) is 0 Å². The van der Waals surface area contributed by atoms with Crippen LogP contribution in [0, 0.1) is 0 Å². The number of hydrogen-bond acceptors (Lipinski definition) is 2. The maximum atomic E-state index is 5.13. The Balaban J connectivity index is 0.000000183. The van der Waals surface area contributed by atoms with Gasteiger partial charge < -0.3 is 11.1 Å². The van der Waals surface area contributed by atoms with Crippen LogP contribution in [0.1, 0.15) is 32.6 Å².